The lowest BCUT2D eigenvalue weighted by atomic mass is 10.3. The SMILES string of the molecule is CCCCCOSOS. The lowest BCUT2D eigenvalue weighted by Gasteiger charge is -1.96. The number of hydrogen-bond donors (Lipinski definition) is 1. The second-order valence-corrected chi connectivity index (χ2v) is 2.64. The molecular weight excluding hydrogens is 156 g/mol. The van der Waals surface area contributed by atoms with Gasteiger partial charge in [0.05, 0.1) is 6.61 Å². The molecule has 0 heterocycles. The van der Waals surface area contributed by atoms with E-state index in [1.165, 1.54) is 12.8 Å². The standard InChI is InChI=1S/C5H12O2S2/c1-2-3-4-5-6-9-7-8/h8H,2-5H2,1H3. The minimum atomic E-state index is 0.749. The van der Waals surface area contributed by atoms with E-state index in [0.29, 0.717) is 0 Å². The number of unbranched alkanes of at least 4 members (excludes halogenated alkanes) is 2. The second-order valence-electron chi connectivity index (χ2n) is 1.67. The lowest BCUT2D eigenvalue weighted by molar-refractivity contribution is 0.339. The fourth-order valence-electron chi connectivity index (χ4n) is 0.467. The summed E-state index contributed by atoms with van der Waals surface area (Å²) in [6.07, 6.45) is 3.53. The Morgan fingerprint density at radius 1 is 1.44 bits per heavy atom. The van der Waals surface area contributed by atoms with E-state index >= 15 is 0 Å². The first kappa shape index (κ1) is 9.62. The van der Waals surface area contributed by atoms with Crippen molar-refractivity contribution in [1.29, 1.82) is 0 Å². The molecule has 2 nitrogen and oxygen atoms in total. The normalized spacial score (nSPS) is 10.0. The summed E-state index contributed by atoms with van der Waals surface area (Å²) in [5, 5.41) is 0. The van der Waals surface area contributed by atoms with Crippen LogP contribution in [0.5, 0.6) is 0 Å². The van der Waals surface area contributed by atoms with Gasteiger partial charge in [-0.25, -0.2) is 3.63 Å². The van der Waals surface area contributed by atoms with Gasteiger partial charge in [-0.05, 0) is 19.3 Å². The Bertz CT molecular complexity index is 46.2. The molecule has 4 heteroatoms. The summed E-state index contributed by atoms with van der Waals surface area (Å²) in [4.78, 5) is 0. The van der Waals surface area contributed by atoms with Crippen molar-refractivity contribution in [1.82, 2.24) is 0 Å². The predicted molar refractivity (Wildman–Crippen MR) is 43.1 cm³/mol. The smallest absolute Gasteiger partial charge is 0.171 e. The third kappa shape index (κ3) is 8.62. The molecule has 0 unspecified atom stereocenters. The van der Waals surface area contributed by atoms with Crippen LogP contribution in [-0.2, 0) is 7.81 Å². The topological polar surface area (TPSA) is 18.5 Å². The summed E-state index contributed by atoms with van der Waals surface area (Å²) >= 11 is 4.41. The van der Waals surface area contributed by atoms with Gasteiger partial charge in [-0.15, -0.1) is 0 Å². The maximum atomic E-state index is 4.90. The molecule has 0 saturated heterocycles. The molecule has 0 aliphatic carbocycles. The Labute approximate surface area is 66.3 Å². The molecule has 0 aromatic carbocycles. The number of hydrogen-bond acceptors (Lipinski definition) is 4. The van der Waals surface area contributed by atoms with E-state index in [4.69, 9.17) is 4.18 Å². The first-order chi connectivity index (χ1) is 4.41. The zero-order valence-corrected chi connectivity index (χ0v) is 7.21. The quantitative estimate of drug-likeness (QED) is 0.373. The van der Waals surface area contributed by atoms with E-state index in [1.807, 2.05) is 0 Å². The van der Waals surface area contributed by atoms with Gasteiger partial charge in [-0.1, -0.05) is 19.8 Å². The van der Waals surface area contributed by atoms with Crippen LogP contribution in [0.1, 0.15) is 26.2 Å². The van der Waals surface area contributed by atoms with E-state index in [-0.39, 0.29) is 0 Å². The van der Waals surface area contributed by atoms with Gasteiger partial charge in [0.1, 0.15) is 0 Å². The third-order valence-electron chi connectivity index (χ3n) is 0.910. The van der Waals surface area contributed by atoms with Gasteiger partial charge in [0, 0.05) is 0 Å². The van der Waals surface area contributed by atoms with Crippen molar-refractivity contribution in [3.63, 3.8) is 0 Å². The molecule has 0 rings (SSSR count). The Morgan fingerprint density at radius 3 is 2.78 bits per heavy atom. The summed E-state index contributed by atoms with van der Waals surface area (Å²) in [6.45, 7) is 2.90. The fourth-order valence-corrected chi connectivity index (χ4v) is 0.825. The maximum Gasteiger partial charge on any atom is 0.171 e. The van der Waals surface area contributed by atoms with Crippen LogP contribution < -0.4 is 0 Å². The highest BCUT2D eigenvalue weighted by Crippen LogP contribution is 2.07. The molecule has 0 atom stereocenters. The summed E-state index contributed by atoms with van der Waals surface area (Å²) in [7, 11) is 0. The predicted octanol–water partition coefficient (Wildman–Crippen LogP) is 2.62. The van der Waals surface area contributed by atoms with Crippen molar-refractivity contribution < 1.29 is 7.81 Å². The maximum absolute atomic E-state index is 4.90. The number of thiol groups is 1. The van der Waals surface area contributed by atoms with Crippen LogP contribution in [0.4, 0.5) is 0 Å². The molecule has 0 bridgehead atoms. The molecule has 0 spiro atoms. The van der Waals surface area contributed by atoms with Crippen LogP contribution in [-0.4, -0.2) is 6.61 Å². The van der Waals surface area contributed by atoms with Gasteiger partial charge >= 0.3 is 0 Å². The first-order valence-electron chi connectivity index (χ1n) is 3.01. The van der Waals surface area contributed by atoms with Gasteiger partial charge in [0.25, 0.3) is 0 Å². The van der Waals surface area contributed by atoms with Crippen LogP contribution in [0.3, 0.4) is 0 Å². The van der Waals surface area contributed by atoms with Gasteiger partial charge in [-0.2, -0.15) is 0 Å². The highest BCUT2D eigenvalue weighted by atomic mass is 32.2. The Balaban J connectivity index is 2.60. The second kappa shape index (κ2) is 8.62. The molecule has 0 saturated carbocycles. The summed E-state index contributed by atoms with van der Waals surface area (Å²) in [5.74, 6) is 0. The molecule has 0 fully saturated rings. The summed E-state index contributed by atoms with van der Waals surface area (Å²) in [5.41, 5.74) is 0. The Hall–Kier alpha value is 0.620. The van der Waals surface area contributed by atoms with Crippen LogP contribution in [0.25, 0.3) is 0 Å². The average molecular weight is 168 g/mol. The Kier molecular flexibility index (Phi) is 9.21. The zero-order chi connectivity index (χ0) is 6.95. The van der Waals surface area contributed by atoms with Crippen LogP contribution in [0.15, 0.2) is 0 Å². The van der Waals surface area contributed by atoms with E-state index in [0.717, 1.165) is 25.4 Å². The number of rotatable bonds is 6. The molecule has 0 aliphatic rings. The van der Waals surface area contributed by atoms with Crippen molar-refractivity contribution in [3.05, 3.63) is 0 Å². The molecule has 9 heavy (non-hydrogen) atoms. The highest BCUT2D eigenvalue weighted by molar-refractivity contribution is 7.98. The van der Waals surface area contributed by atoms with E-state index < -0.39 is 0 Å². The van der Waals surface area contributed by atoms with Gasteiger partial charge in [0.2, 0.25) is 0 Å². The average Bonchev–Trinajstić information content (AvgIpc) is 1.89. The first-order valence-corrected chi connectivity index (χ1v) is 4.04. The van der Waals surface area contributed by atoms with Gasteiger partial charge < -0.3 is 0 Å². The Morgan fingerprint density at radius 2 is 2.22 bits per heavy atom. The van der Waals surface area contributed by atoms with Crippen molar-refractivity contribution in [2.24, 2.45) is 0 Å². The van der Waals surface area contributed by atoms with Gasteiger partial charge in [0.15, 0.2) is 12.3 Å². The van der Waals surface area contributed by atoms with Crippen molar-refractivity contribution >= 4 is 25.2 Å². The summed E-state index contributed by atoms with van der Waals surface area (Å²) in [6, 6.07) is 0. The van der Waals surface area contributed by atoms with Crippen molar-refractivity contribution in [3.8, 4) is 0 Å². The van der Waals surface area contributed by atoms with Crippen LogP contribution in [0, 0.1) is 0 Å². The van der Waals surface area contributed by atoms with Gasteiger partial charge in [-0.3, -0.25) is 4.18 Å². The minimum Gasteiger partial charge on any atom is -0.291 e. The minimum absolute atomic E-state index is 0.749. The molecular formula is C5H12O2S2. The van der Waals surface area contributed by atoms with Crippen LogP contribution >= 0.6 is 25.2 Å². The zero-order valence-electron chi connectivity index (χ0n) is 5.50. The molecule has 0 radical (unpaired) electrons. The van der Waals surface area contributed by atoms with Crippen LogP contribution in [0.2, 0.25) is 0 Å². The molecule has 56 valence electrons. The molecule has 0 aromatic rings. The monoisotopic (exact) mass is 168 g/mol. The van der Waals surface area contributed by atoms with E-state index in [1.54, 1.807) is 0 Å². The highest BCUT2D eigenvalue weighted by Gasteiger charge is 1.86. The molecule has 0 N–H and O–H groups in total. The van der Waals surface area contributed by atoms with Crippen molar-refractivity contribution in [2.45, 2.75) is 26.2 Å². The summed E-state index contributed by atoms with van der Waals surface area (Å²) < 4.78 is 9.21. The molecule has 0 amide bonds. The van der Waals surface area contributed by atoms with E-state index in [2.05, 4.69) is 23.5 Å². The largest absolute Gasteiger partial charge is 0.291 e. The fraction of sp³-hybridized carbons (Fsp3) is 1.00. The molecule has 0 aliphatic heterocycles. The van der Waals surface area contributed by atoms with Crippen molar-refractivity contribution in [2.75, 3.05) is 6.61 Å². The molecule has 0 aromatic heterocycles. The lowest BCUT2D eigenvalue weighted by Crippen LogP contribution is -1.84. The third-order valence-corrected chi connectivity index (χ3v) is 1.42. The van der Waals surface area contributed by atoms with E-state index in [9.17, 15) is 0 Å².